The van der Waals surface area contributed by atoms with Crippen molar-refractivity contribution in [2.75, 3.05) is 6.54 Å². The van der Waals surface area contributed by atoms with Crippen LogP contribution in [0.25, 0.3) is 0 Å². The third kappa shape index (κ3) is 6.02. The van der Waals surface area contributed by atoms with Crippen LogP contribution < -0.4 is 5.32 Å². The van der Waals surface area contributed by atoms with Crippen molar-refractivity contribution >= 4 is 23.5 Å². The quantitative estimate of drug-likeness (QED) is 0.811. The summed E-state index contributed by atoms with van der Waals surface area (Å²) in [5.41, 5.74) is 0.191. The molecular formula is C14H19ClN2O3. The minimum atomic E-state index is -0.799. The van der Waals surface area contributed by atoms with Crippen LogP contribution in [0.5, 0.6) is 0 Å². The van der Waals surface area contributed by atoms with Crippen molar-refractivity contribution in [3.05, 3.63) is 29.0 Å². The molecule has 0 radical (unpaired) electrons. The van der Waals surface area contributed by atoms with Gasteiger partial charge in [-0.2, -0.15) is 0 Å². The van der Waals surface area contributed by atoms with E-state index >= 15 is 0 Å². The molecule has 0 unspecified atom stereocenters. The van der Waals surface area contributed by atoms with Gasteiger partial charge < -0.3 is 10.4 Å². The fourth-order valence-electron chi connectivity index (χ4n) is 1.69. The minimum Gasteiger partial charge on any atom is -0.481 e. The number of amides is 1. The average Bonchev–Trinajstić information content (AvgIpc) is 2.37. The summed E-state index contributed by atoms with van der Waals surface area (Å²) in [6.45, 7) is 4.46. The number of hydrogen-bond acceptors (Lipinski definition) is 3. The van der Waals surface area contributed by atoms with Gasteiger partial charge in [0.05, 0.1) is 5.02 Å². The van der Waals surface area contributed by atoms with Crippen LogP contribution in [0.15, 0.2) is 18.3 Å². The lowest BCUT2D eigenvalue weighted by molar-refractivity contribution is -0.137. The van der Waals surface area contributed by atoms with Gasteiger partial charge in [0.25, 0.3) is 5.91 Å². The number of aromatic nitrogens is 1. The second-order valence-corrected chi connectivity index (χ2v) is 5.86. The van der Waals surface area contributed by atoms with Crippen LogP contribution in [0.2, 0.25) is 5.02 Å². The third-order valence-corrected chi connectivity index (χ3v) is 3.29. The van der Waals surface area contributed by atoms with E-state index in [1.165, 1.54) is 6.20 Å². The number of pyridine rings is 1. The second-order valence-electron chi connectivity index (χ2n) is 5.43. The Kier molecular flexibility index (Phi) is 5.95. The maximum atomic E-state index is 11.8. The molecule has 0 saturated carbocycles. The number of carbonyl (C=O) groups is 2. The lowest BCUT2D eigenvalue weighted by Gasteiger charge is -2.23. The second kappa shape index (κ2) is 7.24. The lowest BCUT2D eigenvalue weighted by Crippen LogP contribution is -2.29. The molecule has 5 nitrogen and oxygen atoms in total. The van der Waals surface area contributed by atoms with Gasteiger partial charge in [0.2, 0.25) is 0 Å². The average molecular weight is 299 g/mol. The van der Waals surface area contributed by atoms with Crippen molar-refractivity contribution < 1.29 is 14.7 Å². The summed E-state index contributed by atoms with van der Waals surface area (Å²) < 4.78 is 0. The predicted molar refractivity (Wildman–Crippen MR) is 76.8 cm³/mol. The highest BCUT2D eigenvalue weighted by molar-refractivity contribution is 6.30. The molecule has 0 aromatic carbocycles. The number of nitrogens with zero attached hydrogens (tertiary/aromatic N) is 1. The lowest BCUT2D eigenvalue weighted by atomic mass is 9.84. The van der Waals surface area contributed by atoms with E-state index < -0.39 is 5.97 Å². The van der Waals surface area contributed by atoms with Gasteiger partial charge in [0.15, 0.2) is 0 Å². The standard InChI is InChI=1S/C14H19ClN2O3/c1-14(2,6-5-12(18)19)7-8-16-13(20)11-4-3-10(15)9-17-11/h3-4,9H,5-8H2,1-2H3,(H,16,20)(H,18,19). The monoisotopic (exact) mass is 298 g/mol. The Morgan fingerprint density at radius 1 is 1.35 bits per heavy atom. The first-order valence-corrected chi connectivity index (χ1v) is 6.79. The summed E-state index contributed by atoms with van der Waals surface area (Å²) >= 11 is 5.70. The summed E-state index contributed by atoms with van der Waals surface area (Å²) in [5.74, 6) is -1.05. The Morgan fingerprint density at radius 2 is 2.05 bits per heavy atom. The zero-order valence-electron chi connectivity index (χ0n) is 11.6. The maximum Gasteiger partial charge on any atom is 0.303 e. The molecule has 0 atom stereocenters. The molecule has 2 N–H and O–H groups in total. The molecule has 20 heavy (non-hydrogen) atoms. The Morgan fingerprint density at radius 3 is 2.60 bits per heavy atom. The van der Waals surface area contributed by atoms with Crippen LogP contribution in [0, 0.1) is 5.41 Å². The van der Waals surface area contributed by atoms with Crippen molar-refractivity contribution in [3.8, 4) is 0 Å². The Hall–Kier alpha value is -1.62. The van der Waals surface area contributed by atoms with Crippen molar-refractivity contribution in [2.24, 2.45) is 5.41 Å². The van der Waals surface area contributed by atoms with E-state index in [4.69, 9.17) is 16.7 Å². The molecule has 0 saturated heterocycles. The Labute approximate surface area is 123 Å². The van der Waals surface area contributed by atoms with E-state index in [1.54, 1.807) is 12.1 Å². The molecule has 0 aliphatic rings. The number of nitrogens with one attached hydrogen (secondary N) is 1. The molecule has 1 heterocycles. The van der Waals surface area contributed by atoms with Crippen LogP contribution >= 0.6 is 11.6 Å². The summed E-state index contributed by atoms with van der Waals surface area (Å²) in [6, 6.07) is 3.17. The molecule has 0 fully saturated rings. The highest BCUT2D eigenvalue weighted by Crippen LogP contribution is 2.26. The largest absolute Gasteiger partial charge is 0.481 e. The Balaban J connectivity index is 2.38. The molecule has 1 rings (SSSR count). The summed E-state index contributed by atoms with van der Waals surface area (Å²) in [7, 11) is 0. The van der Waals surface area contributed by atoms with Gasteiger partial charge in [-0.1, -0.05) is 25.4 Å². The number of aliphatic carboxylic acids is 1. The molecule has 6 heteroatoms. The highest BCUT2D eigenvalue weighted by atomic mass is 35.5. The number of rotatable bonds is 7. The van der Waals surface area contributed by atoms with E-state index in [9.17, 15) is 9.59 Å². The zero-order chi connectivity index (χ0) is 15.2. The van der Waals surface area contributed by atoms with Crippen LogP contribution in [-0.4, -0.2) is 28.5 Å². The SMILES string of the molecule is CC(C)(CCNC(=O)c1ccc(Cl)cn1)CCC(=O)O. The number of hydrogen-bond donors (Lipinski definition) is 2. The predicted octanol–water partition coefficient (Wildman–Crippen LogP) is 2.75. The molecule has 0 aliphatic carbocycles. The first kappa shape index (κ1) is 16.4. The summed E-state index contributed by atoms with van der Waals surface area (Å²) in [5, 5.41) is 11.9. The molecular weight excluding hydrogens is 280 g/mol. The highest BCUT2D eigenvalue weighted by Gasteiger charge is 2.19. The third-order valence-electron chi connectivity index (χ3n) is 3.06. The first-order chi connectivity index (χ1) is 9.30. The Bertz CT molecular complexity index is 472. The smallest absolute Gasteiger partial charge is 0.303 e. The number of carboxylic acids is 1. The molecule has 110 valence electrons. The molecule has 1 aromatic heterocycles. The van der Waals surface area contributed by atoms with E-state index in [0.29, 0.717) is 30.1 Å². The summed E-state index contributed by atoms with van der Waals surface area (Å²) in [6.07, 6.45) is 2.85. The molecule has 0 bridgehead atoms. The molecule has 1 amide bonds. The van der Waals surface area contributed by atoms with Gasteiger partial charge in [0.1, 0.15) is 5.69 Å². The van der Waals surface area contributed by atoms with Crippen LogP contribution in [0.4, 0.5) is 0 Å². The minimum absolute atomic E-state index is 0.126. The van der Waals surface area contributed by atoms with E-state index in [2.05, 4.69) is 10.3 Å². The van der Waals surface area contributed by atoms with Gasteiger partial charge in [-0.25, -0.2) is 4.98 Å². The van der Waals surface area contributed by atoms with Crippen LogP contribution in [0.3, 0.4) is 0 Å². The van der Waals surface area contributed by atoms with Gasteiger partial charge in [-0.3, -0.25) is 9.59 Å². The molecule has 1 aromatic rings. The number of carboxylic acid groups (broad SMARTS) is 1. The van der Waals surface area contributed by atoms with Crippen LogP contribution in [0.1, 0.15) is 43.6 Å². The van der Waals surface area contributed by atoms with Crippen molar-refractivity contribution in [1.29, 1.82) is 0 Å². The van der Waals surface area contributed by atoms with Crippen molar-refractivity contribution in [1.82, 2.24) is 10.3 Å². The topological polar surface area (TPSA) is 79.3 Å². The first-order valence-electron chi connectivity index (χ1n) is 6.42. The van der Waals surface area contributed by atoms with E-state index in [1.807, 2.05) is 13.8 Å². The van der Waals surface area contributed by atoms with Gasteiger partial charge in [0, 0.05) is 19.2 Å². The van der Waals surface area contributed by atoms with Crippen molar-refractivity contribution in [3.63, 3.8) is 0 Å². The van der Waals surface area contributed by atoms with E-state index in [0.717, 1.165) is 0 Å². The molecule has 0 aliphatic heterocycles. The normalized spacial score (nSPS) is 11.2. The van der Waals surface area contributed by atoms with Gasteiger partial charge in [-0.15, -0.1) is 0 Å². The maximum absolute atomic E-state index is 11.8. The van der Waals surface area contributed by atoms with Gasteiger partial charge >= 0.3 is 5.97 Å². The van der Waals surface area contributed by atoms with E-state index in [-0.39, 0.29) is 17.7 Å². The zero-order valence-corrected chi connectivity index (χ0v) is 12.4. The molecule has 0 spiro atoms. The fourth-order valence-corrected chi connectivity index (χ4v) is 1.80. The number of carbonyl (C=O) groups excluding carboxylic acids is 1. The van der Waals surface area contributed by atoms with Gasteiger partial charge in [-0.05, 0) is 30.4 Å². The van der Waals surface area contributed by atoms with Crippen molar-refractivity contribution in [2.45, 2.75) is 33.1 Å². The fraction of sp³-hybridized carbons (Fsp3) is 0.500. The summed E-state index contributed by atoms with van der Waals surface area (Å²) in [4.78, 5) is 26.3. The van der Waals surface area contributed by atoms with Crippen LogP contribution in [-0.2, 0) is 4.79 Å². The number of halogens is 1.